The Bertz CT molecular complexity index is 746. The number of anilines is 2. The summed E-state index contributed by atoms with van der Waals surface area (Å²) < 4.78 is 6.97. The monoisotopic (exact) mass is 494 g/mol. The quantitative estimate of drug-likeness (QED) is 0.467. The maximum absolute atomic E-state index is 11.9. The number of thioether (sulfide) groups is 1. The lowest BCUT2D eigenvalue weighted by atomic mass is 10.2. The number of nitrogens with zero attached hydrogens (tertiary/aromatic N) is 2. The lowest BCUT2D eigenvalue weighted by Crippen LogP contribution is -2.22. The third-order valence-electron chi connectivity index (χ3n) is 2.55. The molecule has 0 aliphatic rings. The number of nitrogens with one attached hydrogen (secondary N) is 1. The Morgan fingerprint density at radius 3 is 2.58 bits per heavy atom. The predicted octanol–water partition coefficient (Wildman–Crippen LogP) is 3.23. The van der Waals surface area contributed by atoms with Crippen LogP contribution in [0.25, 0.3) is 0 Å². The number of esters is 1. The number of carbonyl (C=O) groups excluding carboxylic acids is 2. The Balaban J connectivity index is 1.79. The molecular formula is C13H12Br2N4O3S2. The standard InChI is InChI=1S/C13H12Br2N4O3S2/c1-6-2-7(14)11(8(15)3-6)17-9(20)4-22-10(21)5-23-13-19-18-12(16)24-13/h2-3H,4-5H2,1H3,(H2,16,18)(H,17,20). The summed E-state index contributed by atoms with van der Waals surface area (Å²) in [4.78, 5) is 23.6. The highest BCUT2D eigenvalue weighted by molar-refractivity contribution is 9.11. The van der Waals surface area contributed by atoms with E-state index in [1.807, 2.05) is 19.1 Å². The molecule has 1 aromatic carbocycles. The van der Waals surface area contributed by atoms with Crippen molar-refractivity contribution >= 4 is 77.7 Å². The molecule has 128 valence electrons. The van der Waals surface area contributed by atoms with Crippen LogP contribution in [0, 0.1) is 6.92 Å². The minimum Gasteiger partial charge on any atom is -0.455 e. The van der Waals surface area contributed by atoms with Gasteiger partial charge in [0.05, 0.1) is 11.4 Å². The number of amides is 1. The molecule has 0 aliphatic carbocycles. The maximum Gasteiger partial charge on any atom is 0.316 e. The number of hydrogen-bond acceptors (Lipinski definition) is 8. The lowest BCUT2D eigenvalue weighted by Gasteiger charge is -2.11. The summed E-state index contributed by atoms with van der Waals surface area (Å²) in [5.74, 6) is -0.926. The molecule has 7 nitrogen and oxygen atoms in total. The van der Waals surface area contributed by atoms with Crippen LogP contribution in [0.1, 0.15) is 5.56 Å². The first kappa shape index (κ1) is 19.2. The molecule has 11 heteroatoms. The Morgan fingerprint density at radius 1 is 1.33 bits per heavy atom. The number of aromatic nitrogens is 2. The van der Waals surface area contributed by atoms with Gasteiger partial charge in [-0.05, 0) is 56.5 Å². The largest absolute Gasteiger partial charge is 0.455 e. The van der Waals surface area contributed by atoms with Crippen LogP contribution in [0.4, 0.5) is 10.8 Å². The molecule has 0 spiro atoms. The van der Waals surface area contributed by atoms with Crippen LogP contribution in [-0.4, -0.2) is 34.4 Å². The van der Waals surface area contributed by atoms with Gasteiger partial charge in [0.1, 0.15) is 0 Å². The number of carbonyl (C=O) groups is 2. The Morgan fingerprint density at radius 2 is 2.00 bits per heavy atom. The number of nitrogens with two attached hydrogens (primary N) is 1. The number of hydrogen-bond donors (Lipinski definition) is 2. The highest BCUT2D eigenvalue weighted by Crippen LogP contribution is 2.32. The molecule has 1 aromatic heterocycles. The van der Waals surface area contributed by atoms with Crippen molar-refractivity contribution in [1.82, 2.24) is 10.2 Å². The normalized spacial score (nSPS) is 10.5. The average Bonchev–Trinajstić information content (AvgIpc) is 2.92. The van der Waals surface area contributed by atoms with Gasteiger partial charge in [-0.25, -0.2) is 0 Å². The first-order valence-corrected chi connectivity index (χ1v) is 9.87. The van der Waals surface area contributed by atoms with Crippen molar-refractivity contribution in [3.05, 3.63) is 26.6 Å². The van der Waals surface area contributed by atoms with E-state index in [4.69, 9.17) is 10.5 Å². The maximum atomic E-state index is 11.9. The van der Waals surface area contributed by atoms with E-state index >= 15 is 0 Å². The van der Waals surface area contributed by atoms with Gasteiger partial charge in [0, 0.05) is 8.95 Å². The number of benzene rings is 1. The molecule has 0 aliphatic heterocycles. The summed E-state index contributed by atoms with van der Waals surface area (Å²) in [5.41, 5.74) is 7.06. The predicted molar refractivity (Wildman–Crippen MR) is 101 cm³/mol. The van der Waals surface area contributed by atoms with Gasteiger partial charge in [0.25, 0.3) is 5.91 Å². The first-order chi connectivity index (χ1) is 11.3. The van der Waals surface area contributed by atoms with Crippen molar-refractivity contribution in [3.63, 3.8) is 0 Å². The summed E-state index contributed by atoms with van der Waals surface area (Å²) >= 11 is 9.10. The van der Waals surface area contributed by atoms with Gasteiger partial charge in [0.2, 0.25) is 5.13 Å². The van der Waals surface area contributed by atoms with Crippen molar-refractivity contribution in [3.8, 4) is 0 Å². The van der Waals surface area contributed by atoms with E-state index in [-0.39, 0.29) is 12.4 Å². The van der Waals surface area contributed by atoms with E-state index in [0.29, 0.717) is 15.2 Å². The SMILES string of the molecule is Cc1cc(Br)c(NC(=O)COC(=O)CSc2nnc(N)s2)c(Br)c1. The van der Waals surface area contributed by atoms with Crippen LogP contribution in [0.2, 0.25) is 0 Å². The van der Waals surface area contributed by atoms with E-state index in [9.17, 15) is 9.59 Å². The van der Waals surface area contributed by atoms with Crippen LogP contribution < -0.4 is 11.1 Å². The second-order valence-electron chi connectivity index (χ2n) is 4.51. The molecule has 3 N–H and O–H groups in total. The Kier molecular flexibility index (Phi) is 7.02. The van der Waals surface area contributed by atoms with E-state index in [0.717, 1.165) is 26.3 Å². The molecule has 0 fully saturated rings. The fourth-order valence-electron chi connectivity index (χ4n) is 1.58. The molecule has 2 aromatic rings. The van der Waals surface area contributed by atoms with E-state index in [1.165, 1.54) is 11.3 Å². The number of aryl methyl sites for hydroxylation is 1. The topological polar surface area (TPSA) is 107 Å². The Hall–Kier alpha value is -1.17. The second kappa shape index (κ2) is 8.79. The van der Waals surface area contributed by atoms with Crippen LogP contribution in [0.3, 0.4) is 0 Å². The number of ether oxygens (including phenoxy) is 1. The Labute approximate surface area is 163 Å². The summed E-state index contributed by atoms with van der Waals surface area (Å²) in [6.07, 6.45) is 0. The van der Waals surface area contributed by atoms with E-state index in [1.54, 1.807) is 0 Å². The molecule has 1 heterocycles. The van der Waals surface area contributed by atoms with Gasteiger partial charge >= 0.3 is 5.97 Å². The van der Waals surface area contributed by atoms with Gasteiger partial charge < -0.3 is 15.8 Å². The summed E-state index contributed by atoms with van der Waals surface area (Å²) in [7, 11) is 0. The third kappa shape index (κ3) is 5.72. The molecule has 0 saturated heterocycles. The molecule has 0 bridgehead atoms. The molecule has 0 unspecified atom stereocenters. The van der Waals surface area contributed by atoms with Crippen LogP contribution in [0.15, 0.2) is 25.4 Å². The van der Waals surface area contributed by atoms with Crippen molar-refractivity contribution in [2.24, 2.45) is 0 Å². The summed E-state index contributed by atoms with van der Waals surface area (Å²) in [6, 6.07) is 3.74. The smallest absolute Gasteiger partial charge is 0.316 e. The molecular weight excluding hydrogens is 484 g/mol. The minimum atomic E-state index is -0.522. The van der Waals surface area contributed by atoms with Crippen LogP contribution in [0.5, 0.6) is 0 Å². The number of nitrogen functional groups attached to an aromatic ring is 1. The molecule has 0 atom stereocenters. The third-order valence-corrected chi connectivity index (χ3v) is 5.66. The summed E-state index contributed by atoms with van der Waals surface area (Å²) in [5, 5.41) is 10.4. The van der Waals surface area contributed by atoms with Gasteiger partial charge in [-0.2, -0.15) is 0 Å². The van der Waals surface area contributed by atoms with Gasteiger partial charge in [-0.1, -0.05) is 23.1 Å². The van der Waals surface area contributed by atoms with E-state index in [2.05, 4.69) is 47.4 Å². The number of halogens is 2. The minimum absolute atomic E-state index is 0.0276. The second-order valence-corrected chi connectivity index (χ2v) is 8.45. The van der Waals surface area contributed by atoms with Crippen molar-refractivity contribution in [2.75, 3.05) is 23.4 Å². The van der Waals surface area contributed by atoms with Gasteiger partial charge in [-0.3, -0.25) is 9.59 Å². The molecule has 1 amide bonds. The van der Waals surface area contributed by atoms with Crippen LogP contribution >= 0.6 is 55.0 Å². The molecule has 24 heavy (non-hydrogen) atoms. The lowest BCUT2D eigenvalue weighted by molar-refractivity contribution is -0.144. The zero-order valence-electron chi connectivity index (χ0n) is 12.3. The molecule has 2 rings (SSSR count). The zero-order valence-corrected chi connectivity index (χ0v) is 17.1. The van der Waals surface area contributed by atoms with E-state index < -0.39 is 11.9 Å². The van der Waals surface area contributed by atoms with Gasteiger partial charge in [0.15, 0.2) is 10.9 Å². The van der Waals surface area contributed by atoms with Crippen LogP contribution in [-0.2, 0) is 14.3 Å². The highest BCUT2D eigenvalue weighted by atomic mass is 79.9. The molecule has 0 saturated carbocycles. The highest BCUT2D eigenvalue weighted by Gasteiger charge is 2.13. The summed E-state index contributed by atoms with van der Waals surface area (Å²) in [6.45, 7) is 1.57. The molecule has 0 radical (unpaired) electrons. The first-order valence-electron chi connectivity index (χ1n) is 6.48. The van der Waals surface area contributed by atoms with Crippen molar-refractivity contribution in [1.29, 1.82) is 0 Å². The average molecular weight is 496 g/mol. The van der Waals surface area contributed by atoms with Gasteiger partial charge in [-0.15, -0.1) is 10.2 Å². The fraction of sp³-hybridized carbons (Fsp3) is 0.231. The number of rotatable bonds is 6. The zero-order chi connectivity index (χ0) is 17.7. The fourth-order valence-corrected chi connectivity index (χ4v) is 4.63. The van der Waals surface area contributed by atoms with Crippen molar-refractivity contribution < 1.29 is 14.3 Å². The van der Waals surface area contributed by atoms with Crippen molar-refractivity contribution in [2.45, 2.75) is 11.3 Å².